The molecule has 0 aliphatic heterocycles. The predicted octanol–water partition coefficient (Wildman–Crippen LogP) is 0.543. The Labute approximate surface area is 126 Å². The summed E-state index contributed by atoms with van der Waals surface area (Å²) in [5, 5.41) is 11.4. The van der Waals surface area contributed by atoms with Gasteiger partial charge in [0.2, 0.25) is 5.91 Å². The molecule has 0 saturated carbocycles. The molecule has 2 N–H and O–H groups in total. The number of carbonyl (C=O) groups excluding carboxylic acids is 3. The Morgan fingerprint density at radius 2 is 1.82 bits per heavy atom. The van der Waals surface area contributed by atoms with Gasteiger partial charge in [-0.25, -0.2) is 9.59 Å². The summed E-state index contributed by atoms with van der Waals surface area (Å²) < 4.78 is 4.33. The molecule has 1 atom stereocenters. The number of methoxy groups -OCH3 is 1. The van der Waals surface area contributed by atoms with Crippen LogP contribution in [0.4, 0.5) is 4.79 Å². The molecule has 0 aliphatic carbocycles. The Morgan fingerprint density at radius 1 is 1.23 bits per heavy atom. The Morgan fingerprint density at radius 3 is 2.32 bits per heavy atom. The van der Waals surface area contributed by atoms with Gasteiger partial charge in [0, 0.05) is 7.05 Å². The van der Waals surface area contributed by atoms with Crippen LogP contribution in [0, 0.1) is 0 Å². The lowest BCUT2D eigenvalue weighted by Gasteiger charge is -2.20. The first-order chi connectivity index (χ1) is 10.4. The fraction of sp³-hybridized carbons (Fsp3) is 0.286. The summed E-state index contributed by atoms with van der Waals surface area (Å²) >= 11 is 0. The summed E-state index contributed by atoms with van der Waals surface area (Å²) in [6, 6.07) is 5.81. The van der Waals surface area contributed by atoms with E-state index in [1.165, 1.54) is 12.1 Å². The van der Waals surface area contributed by atoms with E-state index in [1.54, 1.807) is 18.2 Å². The fourth-order valence-corrected chi connectivity index (χ4v) is 1.58. The zero-order valence-electron chi connectivity index (χ0n) is 12.1. The molecule has 0 fully saturated rings. The number of carboxylic acid groups (broad SMARTS) is 1. The van der Waals surface area contributed by atoms with Gasteiger partial charge in [-0.2, -0.15) is 0 Å². The highest BCUT2D eigenvalue weighted by Crippen LogP contribution is 2.13. The summed E-state index contributed by atoms with van der Waals surface area (Å²) in [5.74, 6) is -2.86. The second kappa shape index (κ2) is 7.77. The molecule has 0 aromatic heterocycles. The molecule has 0 saturated heterocycles. The van der Waals surface area contributed by atoms with E-state index in [4.69, 9.17) is 0 Å². The molecular formula is C14H16N2O6. The number of ether oxygens (including phenoxy) is 1. The van der Waals surface area contributed by atoms with E-state index in [9.17, 15) is 24.3 Å². The molecular weight excluding hydrogens is 292 g/mol. The zero-order chi connectivity index (χ0) is 16.7. The van der Waals surface area contributed by atoms with E-state index in [1.807, 2.05) is 0 Å². The number of nitrogens with one attached hydrogen (secondary N) is 1. The molecule has 1 aromatic rings. The third kappa shape index (κ3) is 4.58. The lowest BCUT2D eigenvalue weighted by Crippen LogP contribution is -2.45. The van der Waals surface area contributed by atoms with E-state index in [2.05, 4.69) is 10.1 Å². The summed E-state index contributed by atoms with van der Waals surface area (Å²) in [6.45, 7) is 0. The van der Waals surface area contributed by atoms with Crippen molar-refractivity contribution >= 4 is 23.9 Å². The molecule has 8 nitrogen and oxygen atoms in total. The normalized spacial score (nSPS) is 11.2. The number of hydrogen-bond donors (Lipinski definition) is 2. The number of nitrogens with zero attached hydrogens (tertiary/aromatic N) is 1. The Balaban J connectivity index is 2.78. The van der Waals surface area contributed by atoms with Crippen LogP contribution in [0.15, 0.2) is 30.3 Å². The van der Waals surface area contributed by atoms with Crippen LogP contribution in [0.2, 0.25) is 0 Å². The van der Waals surface area contributed by atoms with Crippen LogP contribution in [-0.4, -0.2) is 48.0 Å². The number of esters is 1. The Bertz CT molecular complexity index is 572. The smallest absolute Gasteiger partial charge is 0.330 e. The molecule has 22 heavy (non-hydrogen) atoms. The van der Waals surface area contributed by atoms with E-state index in [-0.39, 0.29) is 0 Å². The average molecular weight is 308 g/mol. The minimum Gasteiger partial charge on any atom is -0.479 e. The average Bonchev–Trinajstić information content (AvgIpc) is 2.51. The van der Waals surface area contributed by atoms with Gasteiger partial charge in [0.25, 0.3) is 0 Å². The highest BCUT2D eigenvalue weighted by molar-refractivity contribution is 6.02. The standard InChI is InChI=1S/C14H16N2O6/c1-16(10(17)8-11(18)22-2)14(21)15-12(13(19)20)9-6-4-3-5-7-9/h3-7,12H,8H2,1-2H3,(H,15,21)(H,19,20). The van der Waals surface area contributed by atoms with Crippen LogP contribution in [-0.2, 0) is 19.1 Å². The molecule has 0 radical (unpaired) electrons. The molecule has 0 bridgehead atoms. The number of carboxylic acids is 1. The molecule has 1 aromatic carbocycles. The van der Waals surface area contributed by atoms with Crippen molar-refractivity contribution < 1.29 is 29.0 Å². The third-order valence-corrected chi connectivity index (χ3v) is 2.85. The van der Waals surface area contributed by atoms with Gasteiger partial charge in [-0.3, -0.25) is 14.5 Å². The van der Waals surface area contributed by atoms with Crippen LogP contribution >= 0.6 is 0 Å². The van der Waals surface area contributed by atoms with E-state index < -0.39 is 36.3 Å². The fourth-order valence-electron chi connectivity index (χ4n) is 1.58. The number of carbonyl (C=O) groups is 4. The van der Waals surface area contributed by atoms with E-state index in [0.717, 1.165) is 14.2 Å². The molecule has 0 heterocycles. The number of rotatable bonds is 5. The molecule has 0 spiro atoms. The third-order valence-electron chi connectivity index (χ3n) is 2.85. The highest BCUT2D eigenvalue weighted by Gasteiger charge is 2.26. The maximum absolute atomic E-state index is 11.9. The largest absolute Gasteiger partial charge is 0.479 e. The van der Waals surface area contributed by atoms with Crippen molar-refractivity contribution in [3.63, 3.8) is 0 Å². The van der Waals surface area contributed by atoms with Gasteiger partial charge in [-0.1, -0.05) is 30.3 Å². The van der Waals surface area contributed by atoms with Crippen molar-refractivity contribution in [2.75, 3.05) is 14.2 Å². The lowest BCUT2D eigenvalue weighted by molar-refractivity contribution is -0.146. The number of urea groups is 1. The van der Waals surface area contributed by atoms with Crippen LogP contribution in [0.5, 0.6) is 0 Å². The summed E-state index contributed by atoms with van der Waals surface area (Å²) in [6.07, 6.45) is -0.608. The predicted molar refractivity (Wildman–Crippen MR) is 74.8 cm³/mol. The molecule has 1 unspecified atom stereocenters. The second-order valence-corrected chi connectivity index (χ2v) is 4.34. The summed E-state index contributed by atoms with van der Waals surface area (Å²) in [7, 11) is 2.26. The first-order valence-corrected chi connectivity index (χ1v) is 6.28. The molecule has 1 rings (SSSR count). The molecule has 0 aliphatic rings. The van der Waals surface area contributed by atoms with E-state index >= 15 is 0 Å². The number of hydrogen-bond acceptors (Lipinski definition) is 5. The first-order valence-electron chi connectivity index (χ1n) is 6.28. The topological polar surface area (TPSA) is 113 Å². The van der Waals surface area contributed by atoms with Gasteiger partial charge in [0.05, 0.1) is 7.11 Å². The SMILES string of the molecule is COC(=O)CC(=O)N(C)C(=O)NC(C(=O)O)c1ccccc1. The Hall–Kier alpha value is -2.90. The van der Waals surface area contributed by atoms with Crippen molar-refractivity contribution in [2.24, 2.45) is 0 Å². The van der Waals surface area contributed by atoms with Crippen molar-refractivity contribution in [1.29, 1.82) is 0 Å². The van der Waals surface area contributed by atoms with Crippen molar-refractivity contribution in [3.8, 4) is 0 Å². The lowest BCUT2D eigenvalue weighted by atomic mass is 10.1. The maximum Gasteiger partial charge on any atom is 0.330 e. The van der Waals surface area contributed by atoms with Crippen LogP contribution in [0.1, 0.15) is 18.0 Å². The van der Waals surface area contributed by atoms with Crippen molar-refractivity contribution in [1.82, 2.24) is 10.2 Å². The number of benzene rings is 1. The monoisotopic (exact) mass is 308 g/mol. The van der Waals surface area contributed by atoms with Gasteiger partial charge in [-0.15, -0.1) is 0 Å². The van der Waals surface area contributed by atoms with Gasteiger partial charge in [0.1, 0.15) is 6.42 Å². The van der Waals surface area contributed by atoms with Gasteiger partial charge >= 0.3 is 18.0 Å². The molecule has 8 heteroatoms. The van der Waals surface area contributed by atoms with Crippen molar-refractivity contribution in [3.05, 3.63) is 35.9 Å². The van der Waals surface area contributed by atoms with Gasteiger partial charge < -0.3 is 15.2 Å². The number of imide groups is 1. The molecule has 118 valence electrons. The highest BCUT2D eigenvalue weighted by atomic mass is 16.5. The first kappa shape index (κ1) is 17.2. The van der Waals surface area contributed by atoms with E-state index in [0.29, 0.717) is 10.5 Å². The molecule has 3 amide bonds. The number of amides is 3. The van der Waals surface area contributed by atoms with Gasteiger partial charge in [-0.05, 0) is 5.56 Å². The zero-order valence-corrected chi connectivity index (χ0v) is 12.1. The minimum absolute atomic E-state index is 0.358. The Kier molecular flexibility index (Phi) is 6.06. The summed E-state index contributed by atoms with van der Waals surface area (Å²) in [4.78, 5) is 46.5. The van der Waals surface area contributed by atoms with Crippen LogP contribution in [0.3, 0.4) is 0 Å². The quantitative estimate of drug-likeness (QED) is 0.606. The van der Waals surface area contributed by atoms with Gasteiger partial charge in [0.15, 0.2) is 6.04 Å². The van der Waals surface area contributed by atoms with Crippen molar-refractivity contribution in [2.45, 2.75) is 12.5 Å². The summed E-state index contributed by atoms with van der Waals surface area (Å²) in [5.41, 5.74) is 0.358. The second-order valence-electron chi connectivity index (χ2n) is 4.34. The van der Waals surface area contributed by atoms with Crippen LogP contribution < -0.4 is 5.32 Å². The minimum atomic E-state index is -1.30. The number of aliphatic carboxylic acids is 1. The maximum atomic E-state index is 11.9. The van der Waals surface area contributed by atoms with Crippen LogP contribution in [0.25, 0.3) is 0 Å².